The molecule has 110 valence electrons. The van der Waals surface area contributed by atoms with Gasteiger partial charge in [-0.25, -0.2) is 0 Å². The van der Waals surface area contributed by atoms with E-state index in [2.05, 4.69) is 10.6 Å². The number of ether oxygens (including phenoxy) is 1. The van der Waals surface area contributed by atoms with Crippen LogP contribution < -0.4 is 15.4 Å². The fourth-order valence-corrected chi connectivity index (χ4v) is 2.03. The zero-order chi connectivity index (χ0) is 15.2. The maximum atomic E-state index is 12.0. The van der Waals surface area contributed by atoms with Gasteiger partial charge < -0.3 is 15.4 Å². The van der Waals surface area contributed by atoms with Gasteiger partial charge in [-0.2, -0.15) is 0 Å². The van der Waals surface area contributed by atoms with Gasteiger partial charge in [0.15, 0.2) is 0 Å². The fraction of sp³-hybridized carbons (Fsp3) is 0.235. The molecule has 21 heavy (non-hydrogen) atoms. The normalized spacial score (nSPS) is 10.0. The summed E-state index contributed by atoms with van der Waals surface area (Å²) in [5.74, 6) is 0.631. The van der Waals surface area contributed by atoms with E-state index < -0.39 is 0 Å². The largest absolute Gasteiger partial charge is 0.495 e. The number of carbonyl (C=O) groups is 1. The molecule has 2 aromatic carbocycles. The number of carbonyl (C=O) groups excluding carboxylic acids is 1. The van der Waals surface area contributed by atoms with Crippen LogP contribution in [0, 0.1) is 13.8 Å². The number of benzene rings is 2. The lowest BCUT2D eigenvalue weighted by molar-refractivity contribution is -0.114. The third-order valence-electron chi connectivity index (χ3n) is 3.21. The van der Waals surface area contributed by atoms with Gasteiger partial charge in [-0.05, 0) is 43.2 Å². The first kappa shape index (κ1) is 14.9. The van der Waals surface area contributed by atoms with Crippen molar-refractivity contribution in [2.24, 2.45) is 0 Å². The summed E-state index contributed by atoms with van der Waals surface area (Å²) >= 11 is 0. The lowest BCUT2D eigenvalue weighted by atomic mass is 10.1. The van der Waals surface area contributed by atoms with E-state index in [1.807, 2.05) is 56.3 Å². The second-order valence-electron chi connectivity index (χ2n) is 4.92. The Morgan fingerprint density at radius 2 is 1.86 bits per heavy atom. The van der Waals surface area contributed by atoms with Gasteiger partial charge in [-0.15, -0.1) is 0 Å². The molecule has 2 N–H and O–H groups in total. The number of anilines is 2. The van der Waals surface area contributed by atoms with Crippen LogP contribution in [-0.2, 0) is 4.79 Å². The third kappa shape index (κ3) is 3.99. The minimum Gasteiger partial charge on any atom is -0.495 e. The van der Waals surface area contributed by atoms with Crippen LogP contribution in [0.15, 0.2) is 42.5 Å². The minimum atomic E-state index is -0.0883. The first-order chi connectivity index (χ1) is 10.1. The van der Waals surface area contributed by atoms with Gasteiger partial charge in [-0.3, -0.25) is 4.79 Å². The van der Waals surface area contributed by atoms with E-state index in [0.29, 0.717) is 0 Å². The van der Waals surface area contributed by atoms with Crippen LogP contribution in [0.5, 0.6) is 5.75 Å². The SMILES string of the molecule is COc1ccccc1NCC(=O)Nc1cc(C)ccc1C. The van der Waals surface area contributed by atoms with Crippen LogP contribution >= 0.6 is 0 Å². The van der Waals surface area contributed by atoms with E-state index in [4.69, 9.17) is 4.74 Å². The Morgan fingerprint density at radius 3 is 2.62 bits per heavy atom. The molecule has 0 radical (unpaired) electrons. The molecule has 0 saturated carbocycles. The number of rotatable bonds is 5. The molecular weight excluding hydrogens is 264 g/mol. The van der Waals surface area contributed by atoms with Crippen molar-refractivity contribution in [1.29, 1.82) is 0 Å². The van der Waals surface area contributed by atoms with Gasteiger partial charge in [0, 0.05) is 5.69 Å². The number of amides is 1. The van der Waals surface area contributed by atoms with Crippen LogP contribution in [-0.4, -0.2) is 19.6 Å². The summed E-state index contributed by atoms with van der Waals surface area (Å²) in [5, 5.41) is 6.00. The van der Waals surface area contributed by atoms with Crippen LogP contribution in [0.1, 0.15) is 11.1 Å². The summed E-state index contributed by atoms with van der Waals surface area (Å²) in [4.78, 5) is 12.0. The van der Waals surface area contributed by atoms with Crippen LogP contribution in [0.25, 0.3) is 0 Å². The van der Waals surface area contributed by atoms with Gasteiger partial charge in [0.1, 0.15) is 5.75 Å². The van der Waals surface area contributed by atoms with Crippen LogP contribution in [0.4, 0.5) is 11.4 Å². The molecule has 0 unspecified atom stereocenters. The smallest absolute Gasteiger partial charge is 0.243 e. The van der Waals surface area contributed by atoms with Crippen molar-refractivity contribution in [3.05, 3.63) is 53.6 Å². The van der Waals surface area contributed by atoms with E-state index in [9.17, 15) is 4.79 Å². The fourth-order valence-electron chi connectivity index (χ4n) is 2.03. The number of hydrogen-bond acceptors (Lipinski definition) is 3. The van der Waals surface area contributed by atoms with Gasteiger partial charge in [-0.1, -0.05) is 24.3 Å². The Labute approximate surface area is 125 Å². The Balaban J connectivity index is 1.97. The highest BCUT2D eigenvalue weighted by molar-refractivity contribution is 5.94. The zero-order valence-corrected chi connectivity index (χ0v) is 12.6. The summed E-state index contributed by atoms with van der Waals surface area (Å²) in [6.07, 6.45) is 0. The number of hydrogen-bond donors (Lipinski definition) is 2. The van der Waals surface area contributed by atoms with Gasteiger partial charge in [0.05, 0.1) is 19.3 Å². The molecule has 0 saturated heterocycles. The summed E-state index contributed by atoms with van der Waals surface area (Å²) in [7, 11) is 1.61. The summed E-state index contributed by atoms with van der Waals surface area (Å²) in [6, 6.07) is 13.5. The molecular formula is C17H20N2O2. The molecule has 0 aliphatic rings. The maximum absolute atomic E-state index is 12.0. The van der Waals surface area contributed by atoms with Crippen molar-refractivity contribution in [2.45, 2.75) is 13.8 Å². The maximum Gasteiger partial charge on any atom is 0.243 e. The molecule has 1 amide bonds. The molecule has 0 aliphatic carbocycles. The highest BCUT2D eigenvalue weighted by atomic mass is 16.5. The first-order valence-corrected chi connectivity index (χ1v) is 6.84. The molecule has 0 aliphatic heterocycles. The number of methoxy groups -OCH3 is 1. The molecule has 4 nitrogen and oxygen atoms in total. The molecule has 0 spiro atoms. The van der Waals surface area contributed by atoms with Crippen molar-refractivity contribution < 1.29 is 9.53 Å². The summed E-state index contributed by atoms with van der Waals surface area (Å²) in [6.45, 7) is 4.17. The van der Waals surface area contributed by atoms with Crippen molar-refractivity contribution in [2.75, 3.05) is 24.3 Å². The Kier molecular flexibility index (Phi) is 4.82. The number of nitrogens with one attached hydrogen (secondary N) is 2. The van der Waals surface area contributed by atoms with E-state index >= 15 is 0 Å². The molecule has 4 heteroatoms. The predicted octanol–water partition coefficient (Wildman–Crippen LogP) is 3.36. The van der Waals surface area contributed by atoms with Gasteiger partial charge in [0.25, 0.3) is 0 Å². The van der Waals surface area contributed by atoms with Crippen molar-refractivity contribution >= 4 is 17.3 Å². The number of aryl methyl sites for hydroxylation is 2. The second-order valence-corrected chi connectivity index (χ2v) is 4.92. The van der Waals surface area contributed by atoms with E-state index in [1.165, 1.54) is 0 Å². The van der Waals surface area contributed by atoms with Gasteiger partial charge >= 0.3 is 0 Å². The molecule has 2 aromatic rings. The molecule has 0 bridgehead atoms. The topological polar surface area (TPSA) is 50.4 Å². The second kappa shape index (κ2) is 6.79. The molecule has 0 atom stereocenters. The molecule has 0 aromatic heterocycles. The quantitative estimate of drug-likeness (QED) is 0.885. The predicted molar refractivity (Wildman–Crippen MR) is 86.0 cm³/mol. The summed E-state index contributed by atoms with van der Waals surface area (Å²) < 4.78 is 5.24. The average molecular weight is 284 g/mol. The van der Waals surface area contributed by atoms with Gasteiger partial charge in [0.2, 0.25) is 5.91 Å². The molecule has 0 fully saturated rings. The Morgan fingerprint density at radius 1 is 1.10 bits per heavy atom. The minimum absolute atomic E-state index is 0.0883. The highest BCUT2D eigenvalue weighted by Crippen LogP contribution is 2.22. The van der Waals surface area contributed by atoms with Crippen molar-refractivity contribution in [3.8, 4) is 5.75 Å². The van der Waals surface area contributed by atoms with Crippen molar-refractivity contribution in [1.82, 2.24) is 0 Å². The number of para-hydroxylation sites is 2. The molecule has 2 rings (SSSR count). The average Bonchev–Trinajstić information content (AvgIpc) is 2.49. The van der Waals surface area contributed by atoms with E-state index in [-0.39, 0.29) is 12.5 Å². The standard InChI is InChI=1S/C17H20N2O2/c1-12-8-9-13(2)15(10-12)19-17(20)11-18-14-6-4-5-7-16(14)21-3/h4-10,18H,11H2,1-3H3,(H,19,20). The summed E-state index contributed by atoms with van der Waals surface area (Å²) in [5.41, 5.74) is 3.82. The first-order valence-electron chi connectivity index (χ1n) is 6.84. The highest BCUT2D eigenvalue weighted by Gasteiger charge is 2.07. The lowest BCUT2D eigenvalue weighted by Gasteiger charge is -2.12. The zero-order valence-electron chi connectivity index (χ0n) is 12.6. The Hall–Kier alpha value is -2.49. The monoisotopic (exact) mass is 284 g/mol. The van der Waals surface area contributed by atoms with E-state index in [0.717, 1.165) is 28.3 Å². The Bertz CT molecular complexity index is 638. The van der Waals surface area contributed by atoms with E-state index in [1.54, 1.807) is 7.11 Å². The van der Waals surface area contributed by atoms with Crippen molar-refractivity contribution in [3.63, 3.8) is 0 Å². The third-order valence-corrected chi connectivity index (χ3v) is 3.21. The van der Waals surface area contributed by atoms with Crippen LogP contribution in [0.3, 0.4) is 0 Å². The molecule has 0 heterocycles. The lowest BCUT2D eigenvalue weighted by Crippen LogP contribution is -2.22. The van der Waals surface area contributed by atoms with Crippen LogP contribution in [0.2, 0.25) is 0 Å².